The minimum atomic E-state index is 0.223. The molecule has 1 aromatic rings. The highest BCUT2D eigenvalue weighted by Crippen LogP contribution is 2.15. The van der Waals surface area contributed by atoms with E-state index in [1.165, 1.54) is 4.88 Å². The van der Waals surface area contributed by atoms with Crippen molar-refractivity contribution in [3.8, 4) is 0 Å². The molecule has 0 bridgehead atoms. The summed E-state index contributed by atoms with van der Waals surface area (Å²) in [6, 6.07) is 0. The van der Waals surface area contributed by atoms with Crippen LogP contribution in [0.25, 0.3) is 0 Å². The van der Waals surface area contributed by atoms with Crippen LogP contribution in [0, 0.1) is 6.92 Å². The van der Waals surface area contributed by atoms with Crippen LogP contribution in [0.5, 0.6) is 0 Å². The Morgan fingerprint density at radius 3 is 2.78 bits per heavy atom. The molecule has 1 aliphatic rings. The fourth-order valence-electron chi connectivity index (χ4n) is 2.36. The first kappa shape index (κ1) is 13.9. The lowest BCUT2D eigenvalue weighted by molar-refractivity contribution is 0.102. The summed E-state index contributed by atoms with van der Waals surface area (Å²) >= 11 is 1.74. The topological polar surface area (TPSA) is 40.2 Å². The molecule has 2 rings (SSSR count). The van der Waals surface area contributed by atoms with Crippen LogP contribution in [-0.4, -0.2) is 48.1 Å². The molecule has 0 spiro atoms. The van der Waals surface area contributed by atoms with Crippen molar-refractivity contribution in [2.24, 2.45) is 0 Å². The van der Waals surface area contributed by atoms with E-state index in [1.54, 1.807) is 11.3 Å². The first-order chi connectivity index (χ1) is 8.59. The Morgan fingerprint density at radius 2 is 2.17 bits per heavy atom. The number of nitrogens with zero attached hydrogens (tertiary/aromatic N) is 2. The van der Waals surface area contributed by atoms with Gasteiger partial charge in [0.2, 0.25) is 0 Å². The summed E-state index contributed by atoms with van der Waals surface area (Å²) in [7, 11) is 0. The van der Waals surface area contributed by atoms with Crippen LogP contribution in [0.15, 0.2) is 5.51 Å². The molecular formula is C13H24N4S. The summed E-state index contributed by atoms with van der Waals surface area (Å²) < 4.78 is 0. The van der Waals surface area contributed by atoms with E-state index in [9.17, 15) is 0 Å². The first-order valence-electron chi connectivity index (χ1n) is 6.65. The van der Waals surface area contributed by atoms with Crippen molar-refractivity contribution >= 4 is 11.3 Å². The summed E-state index contributed by atoms with van der Waals surface area (Å²) in [5, 5.41) is 6.98. The van der Waals surface area contributed by atoms with E-state index in [4.69, 9.17) is 0 Å². The molecular weight excluding hydrogens is 244 g/mol. The highest BCUT2D eigenvalue weighted by molar-refractivity contribution is 7.09. The smallest absolute Gasteiger partial charge is 0.0798 e. The van der Waals surface area contributed by atoms with Gasteiger partial charge in [0.1, 0.15) is 0 Å². The Labute approximate surface area is 114 Å². The molecule has 0 atom stereocenters. The molecule has 18 heavy (non-hydrogen) atoms. The van der Waals surface area contributed by atoms with E-state index in [0.717, 1.165) is 45.0 Å². The van der Waals surface area contributed by atoms with Crippen molar-refractivity contribution in [2.45, 2.75) is 32.9 Å². The second-order valence-electron chi connectivity index (χ2n) is 5.51. The third-order valence-electron chi connectivity index (χ3n) is 3.66. The minimum Gasteiger partial charge on any atom is -0.314 e. The van der Waals surface area contributed by atoms with Gasteiger partial charge in [0.15, 0.2) is 0 Å². The van der Waals surface area contributed by atoms with Gasteiger partial charge in [0, 0.05) is 49.7 Å². The number of hydrogen-bond acceptors (Lipinski definition) is 5. The number of aryl methyl sites for hydroxylation is 1. The average molecular weight is 268 g/mol. The van der Waals surface area contributed by atoms with E-state index in [0.29, 0.717) is 0 Å². The Balaban J connectivity index is 1.79. The molecule has 1 aliphatic heterocycles. The second-order valence-corrected chi connectivity index (χ2v) is 6.45. The molecule has 102 valence electrons. The van der Waals surface area contributed by atoms with Gasteiger partial charge in [-0.3, -0.25) is 4.90 Å². The molecule has 0 aromatic carbocycles. The predicted octanol–water partition coefficient (Wildman–Crippen LogP) is 1.22. The Hall–Kier alpha value is -0.490. The summed E-state index contributed by atoms with van der Waals surface area (Å²) in [6.07, 6.45) is 0. The van der Waals surface area contributed by atoms with Gasteiger partial charge in [-0.15, -0.1) is 11.3 Å². The zero-order valence-electron chi connectivity index (χ0n) is 11.6. The summed E-state index contributed by atoms with van der Waals surface area (Å²) in [4.78, 5) is 8.20. The van der Waals surface area contributed by atoms with Crippen molar-refractivity contribution in [2.75, 3.05) is 32.7 Å². The fraction of sp³-hybridized carbons (Fsp3) is 0.769. The lowest BCUT2D eigenvalue weighted by Gasteiger charge is -2.41. The van der Waals surface area contributed by atoms with Gasteiger partial charge in [-0.25, -0.2) is 4.98 Å². The van der Waals surface area contributed by atoms with Gasteiger partial charge in [-0.2, -0.15) is 0 Å². The summed E-state index contributed by atoms with van der Waals surface area (Å²) in [5.41, 5.74) is 3.31. The minimum absolute atomic E-state index is 0.223. The highest BCUT2D eigenvalue weighted by atomic mass is 32.1. The second kappa shape index (κ2) is 6.10. The van der Waals surface area contributed by atoms with Crippen LogP contribution in [0.4, 0.5) is 0 Å². The molecule has 0 saturated carbocycles. The average Bonchev–Trinajstić information content (AvgIpc) is 2.76. The molecule has 5 heteroatoms. The number of nitrogens with one attached hydrogen (secondary N) is 2. The molecule has 0 aliphatic carbocycles. The molecule has 0 radical (unpaired) electrons. The third-order valence-corrected chi connectivity index (χ3v) is 4.60. The van der Waals surface area contributed by atoms with E-state index < -0.39 is 0 Å². The van der Waals surface area contributed by atoms with Gasteiger partial charge in [-0.1, -0.05) is 0 Å². The maximum atomic E-state index is 4.28. The first-order valence-corrected chi connectivity index (χ1v) is 7.53. The van der Waals surface area contributed by atoms with Gasteiger partial charge in [0.05, 0.1) is 11.2 Å². The molecule has 4 nitrogen and oxygen atoms in total. The molecule has 1 fully saturated rings. The molecule has 0 unspecified atom stereocenters. The number of hydrogen-bond donors (Lipinski definition) is 2. The van der Waals surface area contributed by atoms with Crippen LogP contribution in [-0.2, 0) is 6.54 Å². The highest BCUT2D eigenvalue weighted by Gasteiger charge is 2.27. The van der Waals surface area contributed by atoms with E-state index in [-0.39, 0.29) is 5.54 Å². The largest absolute Gasteiger partial charge is 0.314 e. The van der Waals surface area contributed by atoms with Gasteiger partial charge < -0.3 is 10.6 Å². The van der Waals surface area contributed by atoms with Crippen LogP contribution >= 0.6 is 11.3 Å². The zero-order valence-corrected chi connectivity index (χ0v) is 12.4. The molecule has 1 saturated heterocycles. The monoisotopic (exact) mass is 268 g/mol. The molecule has 1 aromatic heterocycles. The van der Waals surface area contributed by atoms with Crippen LogP contribution in [0.2, 0.25) is 0 Å². The van der Waals surface area contributed by atoms with E-state index >= 15 is 0 Å². The van der Waals surface area contributed by atoms with Crippen LogP contribution in [0.1, 0.15) is 24.4 Å². The van der Waals surface area contributed by atoms with Crippen molar-refractivity contribution < 1.29 is 0 Å². The Kier molecular flexibility index (Phi) is 4.72. The third kappa shape index (κ3) is 3.51. The van der Waals surface area contributed by atoms with Crippen molar-refractivity contribution in [1.29, 1.82) is 0 Å². The maximum Gasteiger partial charge on any atom is 0.0798 e. The summed E-state index contributed by atoms with van der Waals surface area (Å²) in [5.74, 6) is 0. The van der Waals surface area contributed by atoms with E-state index in [1.807, 2.05) is 5.51 Å². The lowest BCUT2D eigenvalue weighted by Crippen LogP contribution is -2.57. The van der Waals surface area contributed by atoms with Gasteiger partial charge in [-0.05, 0) is 20.8 Å². The number of rotatable bonds is 5. The zero-order chi connectivity index (χ0) is 13.0. The van der Waals surface area contributed by atoms with Crippen LogP contribution < -0.4 is 10.6 Å². The standard InChI is InChI=1S/C13H24N4S/c1-11-12(18-10-16-11)8-15-9-13(2,3)17-6-4-14-5-7-17/h10,14-15H,4-9H2,1-3H3. The van der Waals surface area contributed by atoms with Crippen molar-refractivity contribution in [3.05, 3.63) is 16.1 Å². The SMILES string of the molecule is Cc1ncsc1CNCC(C)(C)N1CCNCC1. The molecule has 2 heterocycles. The van der Waals surface area contributed by atoms with Crippen molar-refractivity contribution in [1.82, 2.24) is 20.5 Å². The Morgan fingerprint density at radius 1 is 1.44 bits per heavy atom. The number of aromatic nitrogens is 1. The summed E-state index contributed by atoms with van der Waals surface area (Å²) in [6.45, 7) is 13.2. The molecule has 2 N–H and O–H groups in total. The lowest BCUT2D eigenvalue weighted by atomic mass is 10.0. The van der Waals surface area contributed by atoms with Gasteiger partial charge >= 0.3 is 0 Å². The Bertz CT molecular complexity index is 369. The normalized spacial score (nSPS) is 18.2. The van der Waals surface area contributed by atoms with Crippen LogP contribution in [0.3, 0.4) is 0 Å². The predicted molar refractivity (Wildman–Crippen MR) is 77.1 cm³/mol. The van der Waals surface area contributed by atoms with Crippen molar-refractivity contribution in [3.63, 3.8) is 0 Å². The fourth-order valence-corrected chi connectivity index (χ4v) is 3.11. The van der Waals surface area contributed by atoms with E-state index in [2.05, 4.69) is 41.3 Å². The van der Waals surface area contributed by atoms with Gasteiger partial charge in [0.25, 0.3) is 0 Å². The maximum absolute atomic E-state index is 4.28. The molecule has 0 amide bonds. The number of thiazole rings is 1. The quantitative estimate of drug-likeness (QED) is 0.842. The number of piperazine rings is 1.